The third kappa shape index (κ3) is 5.66. The summed E-state index contributed by atoms with van der Waals surface area (Å²) in [6, 6.07) is 5.51. The minimum absolute atomic E-state index is 0.0732. The van der Waals surface area contributed by atoms with Crippen LogP contribution in [0.25, 0.3) is 0 Å². The Morgan fingerprint density at radius 1 is 1.13 bits per heavy atom. The molecule has 1 aromatic heterocycles. The standard InChI is InChI=1S/C28H34F3NO2.C5H12/c1-15(2)24-22-23(21-19(32-24)13-26(4,5)14-20(21)33)27(11-7-8-16(27)3)34-25(22)17-9-6-10-18(12-17)28(29,30)31;1-4-5(2)3/h6,9-10,12,15-16,20,25,33H,7-8,11,13-14H2,1-5H3;5H,4H2,1-3H3. The molecule has 216 valence electrons. The molecule has 1 aliphatic heterocycles. The van der Waals surface area contributed by atoms with Gasteiger partial charge in [-0.3, -0.25) is 4.98 Å². The SMILES string of the molecule is CC(C)c1nc2c(c3c1C(c1cccc(C(F)(F)F)c1)OC31CCCC1C)C(O)CC(C)(C)C2.CCC(C)C. The fraction of sp³-hybridized carbons (Fsp3) is 0.667. The third-order valence-corrected chi connectivity index (χ3v) is 8.98. The van der Waals surface area contributed by atoms with Crippen molar-refractivity contribution in [1.29, 1.82) is 0 Å². The van der Waals surface area contributed by atoms with Gasteiger partial charge < -0.3 is 9.84 Å². The lowest BCUT2D eigenvalue weighted by Crippen LogP contribution is -2.34. The number of halogens is 3. The molecular formula is C33H46F3NO2. The third-order valence-electron chi connectivity index (χ3n) is 8.98. The van der Waals surface area contributed by atoms with Crippen LogP contribution in [0.3, 0.4) is 0 Å². The molecule has 0 saturated heterocycles. The van der Waals surface area contributed by atoms with Crippen molar-refractivity contribution in [3.8, 4) is 0 Å². The molecule has 1 N–H and O–H groups in total. The van der Waals surface area contributed by atoms with E-state index in [4.69, 9.17) is 9.72 Å². The second kappa shape index (κ2) is 10.8. The molecule has 2 aromatic rings. The molecule has 1 aromatic carbocycles. The molecule has 2 aliphatic carbocycles. The van der Waals surface area contributed by atoms with Crippen LogP contribution >= 0.6 is 0 Å². The lowest BCUT2D eigenvalue weighted by Gasteiger charge is -2.39. The first kappa shape index (κ1) is 30.0. The molecule has 3 nitrogen and oxygen atoms in total. The van der Waals surface area contributed by atoms with Gasteiger partial charge in [-0.25, -0.2) is 0 Å². The highest BCUT2D eigenvalue weighted by atomic mass is 19.4. The number of hydrogen-bond donors (Lipinski definition) is 1. The summed E-state index contributed by atoms with van der Waals surface area (Å²) in [4.78, 5) is 5.09. The number of nitrogens with zero attached hydrogens (tertiary/aromatic N) is 1. The molecule has 4 unspecified atom stereocenters. The van der Waals surface area contributed by atoms with E-state index in [0.717, 1.165) is 65.7 Å². The summed E-state index contributed by atoms with van der Waals surface area (Å²) in [7, 11) is 0. The molecule has 1 spiro atoms. The van der Waals surface area contributed by atoms with Crippen LogP contribution in [-0.4, -0.2) is 10.1 Å². The van der Waals surface area contributed by atoms with Gasteiger partial charge in [0, 0.05) is 22.5 Å². The number of hydrogen-bond acceptors (Lipinski definition) is 3. The van der Waals surface area contributed by atoms with E-state index >= 15 is 0 Å². The minimum atomic E-state index is -4.42. The van der Waals surface area contributed by atoms with Gasteiger partial charge in [-0.05, 0) is 78.5 Å². The maximum Gasteiger partial charge on any atom is 0.416 e. The summed E-state index contributed by atoms with van der Waals surface area (Å²) >= 11 is 0. The topological polar surface area (TPSA) is 42.4 Å². The lowest BCUT2D eigenvalue weighted by molar-refractivity contribution is -0.137. The summed E-state index contributed by atoms with van der Waals surface area (Å²) in [6.07, 6.45) is -0.215. The Balaban J connectivity index is 0.000000648. The zero-order chi connectivity index (χ0) is 28.9. The summed E-state index contributed by atoms with van der Waals surface area (Å²) in [6.45, 7) is 17.3. The van der Waals surface area contributed by atoms with Crippen LogP contribution in [0.15, 0.2) is 24.3 Å². The highest BCUT2D eigenvalue weighted by Crippen LogP contribution is 2.61. The maximum absolute atomic E-state index is 13.6. The van der Waals surface area contributed by atoms with Crippen LogP contribution in [0.4, 0.5) is 13.2 Å². The van der Waals surface area contributed by atoms with Crippen molar-refractivity contribution in [1.82, 2.24) is 4.98 Å². The van der Waals surface area contributed by atoms with E-state index in [1.165, 1.54) is 18.6 Å². The van der Waals surface area contributed by atoms with Crippen molar-refractivity contribution < 1.29 is 23.0 Å². The first-order chi connectivity index (χ1) is 18.1. The van der Waals surface area contributed by atoms with E-state index in [1.54, 1.807) is 6.07 Å². The maximum atomic E-state index is 13.6. The predicted molar refractivity (Wildman–Crippen MR) is 150 cm³/mol. The molecule has 1 fully saturated rings. The zero-order valence-corrected chi connectivity index (χ0v) is 24.9. The largest absolute Gasteiger partial charge is 0.416 e. The summed E-state index contributed by atoms with van der Waals surface area (Å²) in [5.74, 6) is 1.16. The van der Waals surface area contributed by atoms with Gasteiger partial charge in [0.25, 0.3) is 0 Å². The van der Waals surface area contributed by atoms with E-state index in [0.29, 0.717) is 12.0 Å². The van der Waals surface area contributed by atoms with Crippen molar-refractivity contribution in [2.75, 3.05) is 0 Å². The van der Waals surface area contributed by atoms with E-state index < -0.39 is 29.5 Å². The van der Waals surface area contributed by atoms with Gasteiger partial charge in [0.1, 0.15) is 6.10 Å². The highest BCUT2D eigenvalue weighted by Gasteiger charge is 2.55. The van der Waals surface area contributed by atoms with Gasteiger partial charge in [0.2, 0.25) is 0 Å². The van der Waals surface area contributed by atoms with Crippen LogP contribution in [0.5, 0.6) is 0 Å². The van der Waals surface area contributed by atoms with Crippen LogP contribution in [0.2, 0.25) is 0 Å². The van der Waals surface area contributed by atoms with E-state index in [9.17, 15) is 18.3 Å². The molecule has 1 saturated carbocycles. The Labute approximate surface area is 232 Å². The van der Waals surface area contributed by atoms with Gasteiger partial charge in [-0.2, -0.15) is 13.2 Å². The number of aliphatic hydroxyl groups excluding tert-OH is 1. The van der Waals surface area contributed by atoms with Gasteiger partial charge in [-0.1, -0.05) is 73.9 Å². The first-order valence-corrected chi connectivity index (χ1v) is 14.7. The summed E-state index contributed by atoms with van der Waals surface area (Å²) in [5.41, 5.74) is 3.76. The number of pyridine rings is 1. The van der Waals surface area contributed by atoms with Crippen molar-refractivity contribution in [2.45, 2.75) is 124 Å². The van der Waals surface area contributed by atoms with Gasteiger partial charge in [-0.15, -0.1) is 0 Å². The summed E-state index contributed by atoms with van der Waals surface area (Å²) < 4.78 is 47.6. The molecule has 4 atom stereocenters. The number of benzene rings is 1. The number of aromatic nitrogens is 1. The molecule has 0 bridgehead atoms. The zero-order valence-electron chi connectivity index (χ0n) is 24.9. The quantitative estimate of drug-likeness (QED) is 0.418. The van der Waals surface area contributed by atoms with Crippen LogP contribution in [-0.2, 0) is 22.9 Å². The number of aliphatic hydroxyl groups is 1. The molecule has 5 rings (SSSR count). The lowest BCUT2D eigenvalue weighted by atomic mass is 9.69. The Hall–Kier alpha value is -1.92. The fourth-order valence-electron chi connectivity index (χ4n) is 6.63. The van der Waals surface area contributed by atoms with Crippen molar-refractivity contribution in [3.63, 3.8) is 0 Å². The monoisotopic (exact) mass is 545 g/mol. The van der Waals surface area contributed by atoms with E-state index in [-0.39, 0.29) is 17.3 Å². The molecular weight excluding hydrogens is 499 g/mol. The second-order valence-corrected chi connectivity index (χ2v) is 13.5. The van der Waals surface area contributed by atoms with Gasteiger partial charge in [0.05, 0.1) is 17.3 Å². The average molecular weight is 546 g/mol. The normalized spacial score (nSPS) is 27.5. The van der Waals surface area contributed by atoms with Gasteiger partial charge in [0.15, 0.2) is 0 Å². The molecule has 0 amide bonds. The fourth-order valence-corrected chi connectivity index (χ4v) is 6.63. The highest BCUT2D eigenvalue weighted by molar-refractivity contribution is 5.55. The van der Waals surface area contributed by atoms with Crippen molar-refractivity contribution >= 4 is 0 Å². The predicted octanol–water partition coefficient (Wildman–Crippen LogP) is 9.42. The minimum Gasteiger partial charge on any atom is -0.388 e. The number of rotatable bonds is 3. The Morgan fingerprint density at radius 2 is 1.79 bits per heavy atom. The Kier molecular flexibility index (Phi) is 8.33. The number of alkyl halides is 3. The summed E-state index contributed by atoms with van der Waals surface area (Å²) in [5, 5.41) is 11.4. The van der Waals surface area contributed by atoms with Crippen LogP contribution in [0, 0.1) is 17.3 Å². The smallest absolute Gasteiger partial charge is 0.388 e. The van der Waals surface area contributed by atoms with E-state index in [1.807, 2.05) is 0 Å². The number of fused-ring (bicyclic) bond motifs is 4. The molecule has 39 heavy (non-hydrogen) atoms. The van der Waals surface area contributed by atoms with Crippen LogP contribution in [0.1, 0.15) is 145 Å². The van der Waals surface area contributed by atoms with Crippen molar-refractivity contribution in [2.24, 2.45) is 17.3 Å². The first-order valence-electron chi connectivity index (χ1n) is 14.7. The van der Waals surface area contributed by atoms with Gasteiger partial charge >= 0.3 is 6.18 Å². The van der Waals surface area contributed by atoms with Crippen LogP contribution < -0.4 is 0 Å². The molecule has 6 heteroatoms. The second-order valence-electron chi connectivity index (χ2n) is 13.5. The average Bonchev–Trinajstić information content (AvgIpc) is 3.38. The molecule has 2 heterocycles. The van der Waals surface area contributed by atoms with E-state index in [2.05, 4.69) is 55.4 Å². The number of ether oxygens (including phenoxy) is 1. The van der Waals surface area contributed by atoms with Crippen molar-refractivity contribution in [3.05, 3.63) is 63.5 Å². The molecule has 3 aliphatic rings. The Bertz CT molecular complexity index is 1190. The Morgan fingerprint density at radius 3 is 2.33 bits per heavy atom. The molecule has 0 radical (unpaired) electrons.